The van der Waals surface area contributed by atoms with Crippen LogP contribution >= 0.6 is 0 Å². The Bertz CT molecular complexity index is 1370. The predicted octanol–water partition coefficient (Wildman–Crippen LogP) is 5.66. The Hall–Kier alpha value is -3.94. The number of imidazole rings is 1. The molecule has 0 aliphatic heterocycles. The first-order chi connectivity index (χ1) is 16.3. The molecule has 2 aromatic heterocycles. The maximum Gasteiger partial charge on any atom is 0.309 e. The number of ether oxygens (including phenoxy) is 1. The molecule has 1 aliphatic carbocycles. The standard InChI is InChI=1S/C26H25FN4O3/c1-26(25(32)33)11-3-4-17(15-26)24-30-21(22-23(28)29-12-13-31(22)24)16-7-9-19(10-8-16)34-20-6-2-5-18(27)14-20/h2,5-10,12-14,17H,3-4,11,15H2,1H3,(H2,28,29)(H,32,33)/t17-,26+/m1/s1. The highest BCUT2D eigenvalue weighted by molar-refractivity contribution is 5.85. The van der Waals surface area contributed by atoms with Crippen molar-refractivity contribution >= 4 is 17.3 Å². The van der Waals surface area contributed by atoms with E-state index in [9.17, 15) is 14.3 Å². The molecule has 7 nitrogen and oxygen atoms in total. The molecule has 0 spiro atoms. The van der Waals surface area contributed by atoms with E-state index in [0.717, 1.165) is 24.2 Å². The van der Waals surface area contributed by atoms with Gasteiger partial charge >= 0.3 is 5.97 Å². The number of halogens is 1. The number of aromatic nitrogens is 3. The van der Waals surface area contributed by atoms with Crippen molar-refractivity contribution in [3.8, 4) is 22.8 Å². The molecule has 0 saturated heterocycles. The van der Waals surface area contributed by atoms with Gasteiger partial charge in [0.15, 0.2) is 0 Å². The minimum atomic E-state index is -0.774. The van der Waals surface area contributed by atoms with Gasteiger partial charge in [0, 0.05) is 29.9 Å². The minimum Gasteiger partial charge on any atom is -0.481 e. The van der Waals surface area contributed by atoms with E-state index >= 15 is 0 Å². The largest absolute Gasteiger partial charge is 0.481 e. The highest BCUT2D eigenvalue weighted by Crippen LogP contribution is 2.45. The summed E-state index contributed by atoms with van der Waals surface area (Å²) < 4.78 is 21.1. The molecule has 2 atom stereocenters. The normalized spacial score (nSPS) is 20.4. The maximum atomic E-state index is 13.4. The summed E-state index contributed by atoms with van der Waals surface area (Å²) >= 11 is 0. The Labute approximate surface area is 196 Å². The minimum absolute atomic E-state index is 0.00603. The zero-order valence-corrected chi connectivity index (χ0v) is 18.7. The number of hydrogen-bond donors (Lipinski definition) is 2. The van der Waals surface area contributed by atoms with E-state index < -0.39 is 11.4 Å². The number of benzene rings is 2. The fourth-order valence-electron chi connectivity index (χ4n) is 4.82. The van der Waals surface area contributed by atoms with Gasteiger partial charge in [-0.2, -0.15) is 0 Å². The van der Waals surface area contributed by atoms with Crippen LogP contribution in [-0.2, 0) is 4.79 Å². The fraction of sp³-hybridized carbons (Fsp3) is 0.269. The van der Waals surface area contributed by atoms with Crippen LogP contribution in [0.15, 0.2) is 60.9 Å². The molecule has 2 aromatic carbocycles. The van der Waals surface area contributed by atoms with Gasteiger partial charge in [0.05, 0.1) is 5.41 Å². The second-order valence-electron chi connectivity index (χ2n) is 9.09. The number of carboxylic acid groups (broad SMARTS) is 1. The summed E-state index contributed by atoms with van der Waals surface area (Å²) in [4.78, 5) is 21.1. The van der Waals surface area contributed by atoms with Crippen molar-refractivity contribution in [2.24, 2.45) is 5.41 Å². The van der Waals surface area contributed by atoms with Crippen molar-refractivity contribution in [2.75, 3.05) is 5.73 Å². The van der Waals surface area contributed by atoms with Gasteiger partial charge in [0.2, 0.25) is 0 Å². The van der Waals surface area contributed by atoms with Gasteiger partial charge in [-0.15, -0.1) is 0 Å². The number of anilines is 1. The third kappa shape index (κ3) is 3.96. The summed E-state index contributed by atoms with van der Waals surface area (Å²) in [7, 11) is 0. The number of fused-ring (bicyclic) bond motifs is 1. The Morgan fingerprint density at radius 2 is 2.03 bits per heavy atom. The molecule has 4 aromatic rings. The Kier molecular flexibility index (Phi) is 5.43. The molecule has 0 radical (unpaired) electrons. The lowest BCUT2D eigenvalue weighted by Gasteiger charge is -2.34. The summed E-state index contributed by atoms with van der Waals surface area (Å²) in [6, 6.07) is 13.3. The summed E-state index contributed by atoms with van der Waals surface area (Å²) in [6.07, 6.45) is 6.32. The van der Waals surface area contributed by atoms with E-state index in [1.165, 1.54) is 12.1 Å². The number of hydrogen-bond acceptors (Lipinski definition) is 5. The number of nitrogens with two attached hydrogens (primary N) is 1. The monoisotopic (exact) mass is 460 g/mol. The van der Waals surface area contributed by atoms with Gasteiger partial charge in [-0.25, -0.2) is 14.4 Å². The fourth-order valence-corrected chi connectivity index (χ4v) is 4.82. The van der Waals surface area contributed by atoms with Crippen LogP contribution in [0.4, 0.5) is 10.2 Å². The number of nitrogens with zero attached hydrogens (tertiary/aromatic N) is 3. The number of nitrogen functional groups attached to an aromatic ring is 1. The van der Waals surface area contributed by atoms with Gasteiger partial charge in [0.1, 0.15) is 40.2 Å². The highest BCUT2D eigenvalue weighted by atomic mass is 19.1. The summed E-state index contributed by atoms with van der Waals surface area (Å²) in [5.74, 6) is 0.987. The van der Waals surface area contributed by atoms with Gasteiger partial charge in [-0.05, 0) is 62.6 Å². The molecule has 0 amide bonds. The predicted molar refractivity (Wildman–Crippen MR) is 126 cm³/mol. The van der Waals surface area contributed by atoms with Crippen molar-refractivity contribution in [2.45, 2.75) is 38.5 Å². The Morgan fingerprint density at radius 1 is 1.24 bits per heavy atom. The maximum absolute atomic E-state index is 13.4. The van der Waals surface area contributed by atoms with E-state index in [0.29, 0.717) is 41.4 Å². The van der Waals surface area contributed by atoms with Crippen LogP contribution in [0.3, 0.4) is 0 Å². The van der Waals surface area contributed by atoms with E-state index in [1.54, 1.807) is 30.5 Å². The number of carboxylic acids is 1. The van der Waals surface area contributed by atoms with Crippen LogP contribution < -0.4 is 10.5 Å². The number of aliphatic carboxylic acids is 1. The number of rotatable bonds is 5. The lowest BCUT2D eigenvalue weighted by Crippen LogP contribution is -2.33. The van der Waals surface area contributed by atoms with E-state index in [-0.39, 0.29) is 11.7 Å². The van der Waals surface area contributed by atoms with Crippen LogP contribution in [0.1, 0.15) is 44.3 Å². The molecule has 1 saturated carbocycles. The van der Waals surface area contributed by atoms with E-state index in [4.69, 9.17) is 15.5 Å². The molecule has 1 fully saturated rings. The lowest BCUT2D eigenvalue weighted by atomic mass is 9.70. The topological polar surface area (TPSA) is 103 Å². The molecule has 3 N–H and O–H groups in total. The highest BCUT2D eigenvalue weighted by Gasteiger charge is 2.40. The Balaban J connectivity index is 1.51. The molecule has 174 valence electrons. The molecule has 5 rings (SSSR count). The first-order valence-electron chi connectivity index (χ1n) is 11.2. The number of carbonyl (C=O) groups is 1. The average molecular weight is 461 g/mol. The van der Waals surface area contributed by atoms with Crippen LogP contribution in [0, 0.1) is 11.2 Å². The second kappa shape index (κ2) is 8.44. The van der Waals surface area contributed by atoms with Gasteiger partial charge in [-0.3, -0.25) is 9.20 Å². The third-order valence-electron chi connectivity index (χ3n) is 6.63. The van der Waals surface area contributed by atoms with Crippen molar-refractivity contribution in [3.05, 3.63) is 72.6 Å². The van der Waals surface area contributed by atoms with Crippen molar-refractivity contribution in [1.82, 2.24) is 14.4 Å². The molecule has 0 unspecified atom stereocenters. The van der Waals surface area contributed by atoms with Crippen LogP contribution in [-0.4, -0.2) is 25.4 Å². The molecular weight excluding hydrogens is 435 g/mol. The van der Waals surface area contributed by atoms with Crippen LogP contribution in [0.2, 0.25) is 0 Å². The Morgan fingerprint density at radius 3 is 2.76 bits per heavy atom. The van der Waals surface area contributed by atoms with Gasteiger partial charge in [0.25, 0.3) is 0 Å². The smallest absolute Gasteiger partial charge is 0.309 e. The third-order valence-corrected chi connectivity index (χ3v) is 6.63. The first kappa shape index (κ1) is 21.9. The summed E-state index contributed by atoms with van der Waals surface area (Å²) in [5, 5.41) is 9.76. The molecule has 0 bridgehead atoms. The van der Waals surface area contributed by atoms with Gasteiger partial charge in [-0.1, -0.05) is 12.5 Å². The molecule has 8 heteroatoms. The average Bonchev–Trinajstić information content (AvgIpc) is 3.21. The molecule has 1 aliphatic rings. The van der Waals surface area contributed by atoms with Crippen molar-refractivity contribution in [3.63, 3.8) is 0 Å². The quantitative estimate of drug-likeness (QED) is 0.398. The van der Waals surface area contributed by atoms with E-state index in [1.807, 2.05) is 29.7 Å². The first-order valence-corrected chi connectivity index (χ1v) is 11.2. The molecule has 34 heavy (non-hydrogen) atoms. The van der Waals surface area contributed by atoms with Crippen LogP contribution in [0.5, 0.6) is 11.5 Å². The van der Waals surface area contributed by atoms with Crippen molar-refractivity contribution < 1.29 is 19.0 Å². The van der Waals surface area contributed by atoms with Crippen molar-refractivity contribution in [1.29, 1.82) is 0 Å². The van der Waals surface area contributed by atoms with E-state index in [2.05, 4.69) is 4.98 Å². The van der Waals surface area contributed by atoms with Crippen LogP contribution in [0.25, 0.3) is 16.8 Å². The molecular formula is C26H25FN4O3. The zero-order valence-electron chi connectivity index (χ0n) is 18.7. The lowest BCUT2D eigenvalue weighted by molar-refractivity contribution is -0.150. The second-order valence-corrected chi connectivity index (χ2v) is 9.09. The molecule has 2 heterocycles. The SMILES string of the molecule is C[C@]1(C(=O)O)CCC[C@@H](c2nc(-c3ccc(Oc4cccc(F)c4)cc3)c3c(N)nccn23)C1. The summed E-state index contributed by atoms with van der Waals surface area (Å²) in [6.45, 7) is 1.81. The zero-order chi connectivity index (χ0) is 23.9. The van der Waals surface area contributed by atoms with Gasteiger partial charge < -0.3 is 15.6 Å². The summed E-state index contributed by atoms with van der Waals surface area (Å²) in [5.41, 5.74) is 7.68.